The van der Waals surface area contributed by atoms with Crippen LogP contribution in [-0.4, -0.2) is 36.9 Å². The predicted octanol–water partition coefficient (Wildman–Crippen LogP) is 5.22. The summed E-state index contributed by atoms with van der Waals surface area (Å²) < 4.78 is 0. The number of hydrogen-bond donors (Lipinski definition) is 1. The Labute approximate surface area is 192 Å². The molecule has 2 aromatic rings. The highest BCUT2D eigenvalue weighted by Crippen LogP contribution is 2.37. The number of carbonyl (C=O) groups excluding carboxylic acids is 2. The van der Waals surface area contributed by atoms with Crippen molar-refractivity contribution >= 4 is 11.8 Å². The molecule has 32 heavy (non-hydrogen) atoms. The molecule has 2 aliphatic rings. The summed E-state index contributed by atoms with van der Waals surface area (Å²) in [5.41, 5.74) is 3.09. The zero-order chi connectivity index (χ0) is 22.4. The van der Waals surface area contributed by atoms with Crippen molar-refractivity contribution < 1.29 is 9.59 Å². The summed E-state index contributed by atoms with van der Waals surface area (Å²) in [5.74, 6) is 1.11. The molecule has 2 aromatic carbocycles. The van der Waals surface area contributed by atoms with Crippen LogP contribution >= 0.6 is 0 Å². The van der Waals surface area contributed by atoms with E-state index in [9.17, 15) is 9.59 Å². The van der Waals surface area contributed by atoms with Crippen LogP contribution < -0.4 is 5.32 Å². The van der Waals surface area contributed by atoms with E-state index in [1.807, 2.05) is 23.1 Å². The van der Waals surface area contributed by atoms with Crippen LogP contribution in [0.15, 0.2) is 54.6 Å². The highest BCUT2D eigenvalue weighted by Gasteiger charge is 2.41. The second kappa shape index (κ2) is 10.3. The van der Waals surface area contributed by atoms with Crippen LogP contribution in [0.1, 0.15) is 56.9 Å². The molecular formula is C28H36N2O2. The van der Waals surface area contributed by atoms with Gasteiger partial charge in [-0.1, -0.05) is 80.3 Å². The van der Waals surface area contributed by atoms with Gasteiger partial charge in [-0.15, -0.1) is 0 Å². The van der Waals surface area contributed by atoms with Crippen molar-refractivity contribution in [3.8, 4) is 11.1 Å². The fourth-order valence-corrected chi connectivity index (χ4v) is 5.60. The van der Waals surface area contributed by atoms with Crippen LogP contribution in [0.2, 0.25) is 0 Å². The van der Waals surface area contributed by atoms with Crippen LogP contribution in [0, 0.1) is 11.3 Å². The fraction of sp³-hybridized carbons (Fsp3) is 0.500. The van der Waals surface area contributed by atoms with Crippen molar-refractivity contribution in [3.05, 3.63) is 60.2 Å². The van der Waals surface area contributed by atoms with E-state index < -0.39 is 5.41 Å². The first-order chi connectivity index (χ1) is 15.6. The Morgan fingerprint density at radius 3 is 2.34 bits per heavy atom. The number of piperidine rings is 1. The van der Waals surface area contributed by atoms with Crippen molar-refractivity contribution in [1.29, 1.82) is 0 Å². The van der Waals surface area contributed by atoms with Crippen LogP contribution in [-0.2, 0) is 16.0 Å². The predicted molar refractivity (Wildman–Crippen MR) is 129 cm³/mol. The molecule has 1 saturated heterocycles. The SMILES string of the molecule is CNC(=O)C1(Cc2cccc(-c3ccccc3)c2)CCN(C(=O)CCC2CCCC2)CC1. The van der Waals surface area contributed by atoms with Gasteiger partial charge in [-0.05, 0) is 48.3 Å². The molecule has 1 aliphatic heterocycles. The average molecular weight is 433 g/mol. The van der Waals surface area contributed by atoms with Gasteiger partial charge >= 0.3 is 0 Å². The molecule has 170 valence electrons. The number of rotatable bonds is 7. The second-order valence-corrected chi connectivity index (χ2v) is 9.67. The summed E-state index contributed by atoms with van der Waals surface area (Å²) in [6, 6.07) is 18.9. The topological polar surface area (TPSA) is 49.4 Å². The van der Waals surface area contributed by atoms with Gasteiger partial charge in [0.2, 0.25) is 11.8 Å². The minimum Gasteiger partial charge on any atom is -0.359 e. The number of carbonyl (C=O) groups is 2. The Kier molecular flexibility index (Phi) is 7.29. The zero-order valence-corrected chi connectivity index (χ0v) is 19.3. The molecule has 1 heterocycles. The van der Waals surface area contributed by atoms with E-state index in [1.54, 1.807) is 7.05 Å². The second-order valence-electron chi connectivity index (χ2n) is 9.67. The van der Waals surface area contributed by atoms with E-state index >= 15 is 0 Å². The summed E-state index contributed by atoms with van der Waals surface area (Å²) in [4.78, 5) is 27.8. The molecule has 0 bridgehead atoms. The molecule has 0 radical (unpaired) electrons. The van der Waals surface area contributed by atoms with Crippen LogP contribution in [0.5, 0.6) is 0 Å². The highest BCUT2D eigenvalue weighted by molar-refractivity contribution is 5.83. The van der Waals surface area contributed by atoms with Crippen LogP contribution in [0.4, 0.5) is 0 Å². The van der Waals surface area contributed by atoms with Gasteiger partial charge in [-0.2, -0.15) is 0 Å². The lowest BCUT2D eigenvalue weighted by atomic mass is 9.72. The van der Waals surface area contributed by atoms with Gasteiger partial charge in [0.1, 0.15) is 0 Å². The normalized spacial score (nSPS) is 18.5. The van der Waals surface area contributed by atoms with Gasteiger partial charge in [-0.25, -0.2) is 0 Å². The molecule has 0 unspecified atom stereocenters. The Hall–Kier alpha value is -2.62. The molecule has 2 fully saturated rings. The largest absolute Gasteiger partial charge is 0.359 e. The number of nitrogens with zero attached hydrogens (tertiary/aromatic N) is 1. The Bertz CT molecular complexity index is 910. The molecule has 1 N–H and O–H groups in total. The lowest BCUT2D eigenvalue weighted by Crippen LogP contribution is -2.50. The molecule has 1 saturated carbocycles. The van der Waals surface area contributed by atoms with E-state index in [1.165, 1.54) is 42.4 Å². The maximum Gasteiger partial charge on any atom is 0.226 e. The molecule has 0 aromatic heterocycles. The zero-order valence-electron chi connectivity index (χ0n) is 19.3. The molecule has 1 aliphatic carbocycles. The summed E-state index contributed by atoms with van der Waals surface area (Å²) in [6.45, 7) is 1.35. The minimum atomic E-state index is -0.452. The lowest BCUT2D eigenvalue weighted by Gasteiger charge is -2.40. The molecule has 4 heteroatoms. The van der Waals surface area contributed by atoms with Crippen LogP contribution in [0.3, 0.4) is 0 Å². The highest BCUT2D eigenvalue weighted by atomic mass is 16.2. The van der Waals surface area contributed by atoms with E-state index in [-0.39, 0.29) is 11.8 Å². The van der Waals surface area contributed by atoms with Crippen molar-refractivity contribution in [1.82, 2.24) is 10.2 Å². The average Bonchev–Trinajstić information content (AvgIpc) is 3.37. The third kappa shape index (κ3) is 5.23. The Balaban J connectivity index is 1.42. The van der Waals surface area contributed by atoms with Crippen LogP contribution in [0.25, 0.3) is 11.1 Å². The van der Waals surface area contributed by atoms with Crippen molar-refractivity contribution in [2.24, 2.45) is 11.3 Å². The maximum atomic E-state index is 13.0. The first-order valence-corrected chi connectivity index (χ1v) is 12.2. The minimum absolute atomic E-state index is 0.0978. The standard InChI is InChI=1S/C28H36N2O2/c1-29-27(32)28(21-23-10-7-13-25(20-23)24-11-3-2-4-12-24)16-18-30(19-17-28)26(31)15-14-22-8-5-6-9-22/h2-4,7,10-13,20,22H,5-6,8-9,14-19,21H2,1H3,(H,29,32). The summed E-state index contributed by atoms with van der Waals surface area (Å²) in [7, 11) is 1.73. The summed E-state index contributed by atoms with van der Waals surface area (Å²) in [6.07, 6.45) is 9.06. The van der Waals surface area contributed by atoms with E-state index in [0.717, 1.165) is 25.2 Å². The Morgan fingerprint density at radius 2 is 1.66 bits per heavy atom. The summed E-state index contributed by atoms with van der Waals surface area (Å²) >= 11 is 0. The smallest absolute Gasteiger partial charge is 0.226 e. The molecule has 0 atom stereocenters. The number of nitrogens with one attached hydrogen (secondary N) is 1. The van der Waals surface area contributed by atoms with E-state index in [0.29, 0.717) is 25.9 Å². The quantitative estimate of drug-likeness (QED) is 0.652. The third-order valence-electron chi connectivity index (χ3n) is 7.60. The first kappa shape index (κ1) is 22.6. The maximum absolute atomic E-state index is 13.0. The van der Waals surface area contributed by atoms with Gasteiger partial charge < -0.3 is 10.2 Å². The number of hydrogen-bond acceptors (Lipinski definition) is 2. The first-order valence-electron chi connectivity index (χ1n) is 12.2. The van der Waals surface area contributed by atoms with Gasteiger partial charge in [0, 0.05) is 26.6 Å². The number of benzene rings is 2. The molecule has 0 spiro atoms. The van der Waals surface area contributed by atoms with Crippen molar-refractivity contribution in [3.63, 3.8) is 0 Å². The monoisotopic (exact) mass is 432 g/mol. The van der Waals surface area contributed by atoms with E-state index in [4.69, 9.17) is 0 Å². The third-order valence-corrected chi connectivity index (χ3v) is 7.60. The van der Waals surface area contributed by atoms with Gasteiger partial charge in [0.15, 0.2) is 0 Å². The van der Waals surface area contributed by atoms with Gasteiger partial charge in [0.05, 0.1) is 5.41 Å². The Morgan fingerprint density at radius 1 is 0.969 bits per heavy atom. The molecule has 4 rings (SSSR count). The summed E-state index contributed by atoms with van der Waals surface area (Å²) in [5, 5.41) is 2.91. The van der Waals surface area contributed by atoms with Gasteiger partial charge in [0.25, 0.3) is 0 Å². The number of amides is 2. The fourth-order valence-electron chi connectivity index (χ4n) is 5.60. The van der Waals surface area contributed by atoms with E-state index in [2.05, 4.69) is 41.7 Å². The van der Waals surface area contributed by atoms with Gasteiger partial charge in [-0.3, -0.25) is 9.59 Å². The molecular weight excluding hydrogens is 396 g/mol. The molecule has 4 nitrogen and oxygen atoms in total. The van der Waals surface area contributed by atoms with Crippen molar-refractivity contribution in [2.45, 2.75) is 57.8 Å². The lowest BCUT2D eigenvalue weighted by molar-refractivity contribution is -0.140. The number of likely N-dealkylation sites (tertiary alicyclic amines) is 1. The van der Waals surface area contributed by atoms with Crippen molar-refractivity contribution in [2.75, 3.05) is 20.1 Å². The molecule has 2 amide bonds.